The summed E-state index contributed by atoms with van der Waals surface area (Å²) >= 11 is 0. The van der Waals surface area contributed by atoms with Gasteiger partial charge in [-0.15, -0.1) is 0 Å². The SMILES string of the molecule is C[C@@H](C(=O)NC1CCCC1)N(Cc1ccc(F)cc1)C(=O)CN(c1ccccc1F)S(=O)(=O)N(C)C. The number of hydrogen-bond acceptors (Lipinski definition) is 4. The van der Waals surface area contributed by atoms with Crippen LogP contribution in [-0.4, -0.2) is 62.2 Å². The number of benzene rings is 2. The zero-order chi connectivity index (χ0) is 26.5. The van der Waals surface area contributed by atoms with Gasteiger partial charge >= 0.3 is 10.2 Å². The summed E-state index contributed by atoms with van der Waals surface area (Å²) in [6.45, 7) is 0.759. The van der Waals surface area contributed by atoms with Crippen LogP contribution in [0.5, 0.6) is 0 Å². The smallest absolute Gasteiger partial charge is 0.304 e. The molecule has 2 amide bonds. The number of halogens is 2. The second-order valence-corrected chi connectivity index (χ2v) is 11.1. The summed E-state index contributed by atoms with van der Waals surface area (Å²) in [5.74, 6) is -2.34. The molecule has 2 aromatic carbocycles. The number of anilines is 1. The average Bonchev–Trinajstić information content (AvgIpc) is 3.35. The first-order valence-corrected chi connectivity index (χ1v) is 13.2. The molecule has 0 radical (unpaired) electrons. The largest absolute Gasteiger partial charge is 0.352 e. The van der Waals surface area contributed by atoms with E-state index >= 15 is 0 Å². The molecular weight excluding hydrogens is 490 g/mol. The molecule has 36 heavy (non-hydrogen) atoms. The van der Waals surface area contributed by atoms with Crippen LogP contribution in [0.25, 0.3) is 0 Å². The molecule has 0 unspecified atom stereocenters. The van der Waals surface area contributed by atoms with Gasteiger partial charge in [0.05, 0.1) is 5.69 Å². The van der Waals surface area contributed by atoms with Crippen LogP contribution in [0.3, 0.4) is 0 Å². The third kappa shape index (κ3) is 6.58. The predicted octanol–water partition coefficient (Wildman–Crippen LogP) is 3.05. The monoisotopic (exact) mass is 522 g/mol. The van der Waals surface area contributed by atoms with E-state index in [1.165, 1.54) is 61.5 Å². The second-order valence-electron chi connectivity index (χ2n) is 9.06. The lowest BCUT2D eigenvalue weighted by atomic mass is 10.1. The standard InChI is InChI=1S/C25H32F2N4O4S/c1-18(25(33)28-21-8-4-5-9-21)30(16-19-12-14-20(26)15-13-19)24(32)17-31(36(34,35)29(2)3)23-11-7-6-10-22(23)27/h6-7,10-15,18,21H,4-5,8-9,16-17H2,1-3H3,(H,28,33)/t18-/m0/s1. The molecule has 0 aliphatic heterocycles. The lowest BCUT2D eigenvalue weighted by molar-refractivity contribution is -0.139. The van der Waals surface area contributed by atoms with Gasteiger partial charge < -0.3 is 10.2 Å². The highest BCUT2D eigenvalue weighted by molar-refractivity contribution is 7.90. The van der Waals surface area contributed by atoms with Crippen molar-refractivity contribution in [3.8, 4) is 0 Å². The van der Waals surface area contributed by atoms with Crippen molar-refractivity contribution in [2.75, 3.05) is 24.9 Å². The van der Waals surface area contributed by atoms with Crippen LogP contribution < -0.4 is 9.62 Å². The normalized spacial score (nSPS) is 15.1. The maximum Gasteiger partial charge on any atom is 0.304 e. The Morgan fingerprint density at radius 2 is 1.64 bits per heavy atom. The molecule has 1 N–H and O–H groups in total. The summed E-state index contributed by atoms with van der Waals surface area (Å²) in [5, 5.41) is 2.96. The van der Waals surface area contributed by atoms with Crippen molar-refractivity contribution in [3.63, 3.8) is 0 Å². The predicted molar refractivity (Wildman–Crippen MR) is 133 cm³/mol. The van der Waals surface area contributed by atoms with Gasteiger partial charge in [-0.2, -0.15) is 12.7 Å². The molecule has 0 bridgehead atoms. The Bertz CT molecular complexity index is 1170. The van der Waals surface area contributed by atoms with Gasteiger partial charge in [-0.3, -0.25) is 9.59 Å². The summed E-state index contributed by atoms with van der Waals surface area (Å²) in [6.07, 6.45) is 3.73. The maximum absolute atomic E-state index is 14.6. The molecule has 2 aromatic rings. The average molecular weight is 523 g/mol. The molecule has 1 aliphatic carbocycles. The van der Waals surface area contributed by atoms with Gasteiger partial charge in [0.15, 0.2) is 0 Å². The Morgan fingerprint density at radius 1 is 1.03 bits per heavy atom. The number of rotatable bonds is 10. The Balaban J connectivity index is 1.93. The molecule has 1 atom stereocenters. The first-order valence-electron chi connectivity index (χ1n) is 11.8. The fourth-order valence-corrected chi connectivity index (χ4v) is 5.18. The molecule has 3 rings (SSSR count). The van der Waals surface area contributed by atoms with Crippen molar-refractivity contribution in [1.29, 1.82) is 0 Å². The second kappa shape index (κ2) is 11.8. The van der Waals surface area contributed by atoms with Gasteiger partial charge in [-0.05, 0) is 49.6 Å². The Morgan fingerprint density at radius 3 is 2.22 bits per heavy atom. The van der Waals surface area contributed by atoms with E-state index in [1.807, 2.05) is 0 Å². The molecule has 8 nitrogen and oxygen atoms in total. The van der Waals surface area contributed by atoms with E-state index in [1.54, 1.807) is 6.92 Å². The molecule has 11 heteroatoms. The molecule has 1 saturated carbocycles. The number of amides is 2. The highest BCUT2D eigenvalue weighted by Gasteiger charge is 2.34. The number of para-hydroxylation sites is 1. The zero-order valence-electron chi connectivity index (χ0n) is 20.7. The summed E-state index contributed by atoms with van der Waals surface area (Å²) in [7, 11) is -1.70. The molecule has 1 fully saturated rings. The number of carbonyl (C=O) groups excluding carboxylic acids is 2. The molecule has 0 heterocycles. The number of nitrogens with one attached hydrogen (secondary N) is 1. The van der Waals surface area contributed by atoms with Crippen LogP contribution in [0.2, 0.25) is 0 Å². The van der Waals surface area contributed by atoms with Crippen LogP contribution in [-0.2, 0) is 26.3 Å². The van der Waals surface area contributed by atoms with E-state index in [2.05, 4.69) is 5.32 Å². The van der Waals surface area contributed by atoms with Gasteiger partial charge in [0, 0.05) is 26.7 Å². The third-order valence-electron chi connectivity index (χ3n) is 6.27. The van der Waals surface area contributed by atoms with Crippen LogP contribution >= 0.6 is 0 Å². The summed E-state index contributed by atoms with van der Waals surface area (Å²) < 4.78 is 55.8. The van der Waals surface area contributed by atoms with Gasteiger partial charge in [0.2, 0.25) is 11.8 Å². The Labute approximate surface area is 211 Å². The third-order valence-corrected chi connectivity index (χ3v) is 8.08. The Hall–Kier alpha value is -3.05. The van der Waals surface area contributed by atoms with Gasteiger partial charge in [0.1, 0.15) is 24.2 Å². The van der Waals surface area contributed by atoms with Crippen LogP contribution in [0.4, 0.5) is 14.5 Å². The van der Waals surface area contributed by atoms with Crippen molar-refractivity contribution < 1.29 is 26.8 Å². The van der Waals surface area contributed by atoms with Crippen LogP contribution in [0.15, 0.2) is 48.5 Å². The molecule has 0 saturated heterocycles. The van der Waals surface area contributed by atoms with Crippen molar-refractivity contribution in [1.82, 2.24) is 14.5 Å². The summed E-state index contributed by atoms with van der Waals surface area (Å²) in [6, 6.07) is 9.78. The molecule has 196 valence electrons. The van der Waals surface area contributed by atoms with E-state index in [0.29, 0.717) is 9.87 Å². The summed E-state index contributed by atoms with van der Waals surface area (Å²) in [5.41, 5.74) is 0.266. The molecule has 1 aliphatic rings. The number of hydrogen-bond donors (Lipinski definition) is 1. The van der Waals surface area contributed by atoms with Crippen molar-refractivity contribution >= 4 is 27.7 Å². The quantitative estimate of drug-likeness (QED) is 0.520. The first-order chi connectivity index (χ1) is 17.0. The lowest BCUT2D eigenvalue weighted by Gasteiger charge is -2.33. The van der Waals surface area contributed by atoms with E-state index < -0.39 is 40.3 Å². The zero-order valence-corrected chi connectivity index (χ0v) is 21.5. The number of carbonyl (C=O) groups is 2. The van der Waals surface area contributed by atoms with E-state index in [9.17, 15) is 26.8 Å². The van der Waals surface area contributed by atoms with E-state index in [0.717, 1.165) is 36.1 Å². The molecule has 0 aromatic heterocycles. The lowest BCUT2D eigenvalue weighted by Crippen LogP contribution is -2.53. The Kier molecular flexibility index (Phi) is 9.02. The minimum Gasteiger partial charge on any atom is -0.352 e. The minimum absolute atomic E-state index is 0.0201. The fraction of sp³-hybridized carbons (Fsp3) is 0.440. The summed E-state index contributed by atoms with van der Waals surface area (Å²) in [4.78, 5) is 27.9. The van der Waals surface area contributed by atoms with Crippen molar-refractivity contribution in [2.24, 2.45) is 0 Å². The van der Waals surface area contributed by atoms with E-state index in [-0.39, 0.29) is 24.2 Å². The van der Waals surface area contributed by atoms with Gasteiger partial charge in [-0.1, -0.05) is 37.1 Å². The maximum atomic E-state index is 14.6. The number of nitrogens with zero attached hydrogens (tertiary/aromatic N) is 3. The van der Waals surface area contributed by atoms with E-state index in [4.69, 9.17) is 0 Å². The minimum atomic E-state index is -4.26. The van der Waals surface area contributed by atoms with Crippen molar-refractivity contribution in [2.45, 2.75) is 51.2 Å². The van der Waals surface area contributed by atoms with Gasteiger partial charge in [0.25, 0.3) is 0 Å². The van der Waals surface area contributed by atoms with Crippen LogP contribution in [0, 0.1) is 11.6 Å². The highest BCUT2D eigenvalue weighted by atomic mass is 32.2. The van der Waals surface area contributed by atoms with Gasteiger partial charge in [-0.25, -0.2) is 13.1 Å². The van der Waals surface area contributed by atoms with Crippen LogP contribution in [0.1, 0.15) is 38.2 Å². The fourth-order valence-electron chi connectivity index (χ4n) is 4.12. The molecular formula is C25H32F2N4O4S. The van der Waals surface area contributed by atoms with Crippen molar-refractivity contribution in [3.05, 3.63) is 65.7 Å². The topological polar surface area (TPSA) is 90.0 Å². The molecule has 0 spiro atoms. The first kappa shape index (κ1) is 27.5. The highest BCUT2D eigenvalue weighted by Crippen LogP contribution is 2.24.